The van der Waals surface area contributed by atoms with Crippen LogP contribution in [0.25, 0.3) is 0 Å². The van der Waals surface area contributed by atoms with E-state index in [-0.39, 0.29) is 17.3 Å². The van der Waals surface area contributed by atoms with Crippen LogP contribution in [0.15, 0.2) is 18.2 Å². The van der Waals surface area contributed by atoms with Crippen molar-refractivity contribution >= 4 is 17.4 Å². The molecule has 0 amide bonds. The highest BCUT2D eigenvalue weighted by Crippen LogP contribution is 2.42. The van der Waals surface area contributed by atoms with Crippen LogP contribution < -0.4 is 0 Å². The standard InChI is InChI=1S/C17H21ClO2/c1-12-10-13(4-5-15(12)18)16(19)14-6-9-20-17(11-14)7-2-3-8-17/h4-5,10,14H,2-3,6-9,11H2,1H3. The molecule has 1 atom stereocenters. The molecule has 3 rings (SSSR count). The summed E-state index contributed by atoms with van der Waals surface area (Å²) in [5, 5.41) is 0.723. The van der Waals surface area contributed by atoms with Crippen LogP contribution in [-0.2, 0) is 4.74 Å². The number of hydrogen-bond donors (Lipinski definition) is 0. The molecule has 0 radical (unpaired) electrons. The minimum absolute atomic E-state index is 0.0000464. The summed E-state index contributed by atoms with van der Waals surface area (Å²) < 4.78 is 6.01. The molecule has 1 unspecified atom stereocenters. The molecule has 1 saturated heterocycles. The molecule has 1 heterocycles. The van der Waals surface area contributed by atoms with E-state index in [4.69, 9.17) is 16.3 Å². The van der Waals surface area contributed by atoms with Gasteiger partial charge < -0.3 is 4.74 Å². The van der Waals surface area contributed by atoms with Crippen molar-refractivity contribution in [3.05, 3.63) is 34.3 Å². The van der Waals surface area contributed by atoms with Crippen LogP contribution in [0.4, 0.5) is 0 Å². The molecule has 108 valence electrons. The lowest BCUT2D eigenvalue weighted by molar-refractivity contribution is -0.0866. The van der Waals surface area contributed by atoms with E-state index in [0.717, 1.165) is 48.4 Å². The number of Topliss-reactive ketones (excluding diaryl/α,β-unsaturated/α-hetero) is 1. The molecule has 0 N–H and O–H groups in total. The third kappa shape index (κ3) is 2.64. The first-order valence-corrected chi connectivity index (χ1v) is 7.92. The fraction of sp³-hybridized carbons (Fsp3) is 0.588. The number of benzene rings is 1. The van der Waals surface area contributed by atoms with Crippen LogP contribution in [0.5, 0.6) is 0 Å². The first-order chi connectivity index (χ1) is 9.60. The molecule has 20 heavy (non-hydrogen) atoms. The molecule has 1 aliphatic heterocycles. The summed E-state index contributed by atoms with van der Waals surface area (Å²) in [6, 6.07) is 5.60. The van der Waals surface area contributed by atoms with Gasteiger partial charge in [0.25, 0.3) is 0 Å². The van der Waals surface area contributed by atoms with E-state index < -0.39 is 0 Å². The topological polar surface area (TPSA) is 26.3 Å². The number of carbonyl (C=O) groups is 1. The van der Waals surface area contributed by atoms with Crippen molar-refractivity contribution < 1.29 is 9.53 Å². The summed E-state index contributed by atoms with van der Waals surface area (Å²) >= 11 is 6.04. The van der Waals surface area contributed by atoms with Crippen molar-refractivity contribution in [1.29, 1.82) is 0 Å². The molecule has 1 aromatic rings. The van der Waals surface area contributed by atoms with Gasteiger partial charge in [0.2, 0.25) is 0 Å². The van der Waals surface area contributed by atoms with Gasteiger partial charge >= 0.3 is 0 Å². The Kier molecular flexibility index (Phi) is 3.87. The first-order valence-electron chi connectivity index (χ1n) is 7.54. The maximum Gasteiger partial charge on any atom is 0.166 e. The summed E-state index contributed by atoms with van der Waals surface area (Å²) in [5.74, 6) is 0.377. The zero-order valence-corrected chi connectivity index (χ0v) is 12.7. The van der Waals surface area contributed by atoms with Gasteiger partial charge in [-0.25, -0.2) is 0 Å². The number of hydrogen-bond acceptors (Lipinski definition) is 2. The van der Waals surface area contributed by atoms with E-state index in [1.807, 2.05) is 25.1 Å². The Hall–Kier alpha value is -0.860. The van der Waals surface area contributed by atoms with Gasteiger partial charge in [-0.2, -0.15) is 0 Å². The number of ether oxygens (including phenoxy) is 1. The number of rotatable bonds is 2. The van der Waals surface area contributed by atoms with Gasteiger partial charge in [0.05, 0.1) is 5.60 Å². The van der Waals surface area contributed by atoms with Crippen molar-refractivity contribution in [2.45, 2.75) is 51.0 Å². The first kappa shape index (κ1) is 14.1. The summed E-state index contributed by atoms with van der Waals surface area (Å²) in [5.41, 5.74) is 1.77. The third-order valence-electron chi connectivity index (χ3n) is 4.82. The fourth-order valence-electron chi connectivity index (χ4n) is 3.65. The van der Waals surface area contributed by atoms with Crippen LogP contribution in [0.3, 0.4) is 0 Å². The number of halogens is 1. The molecule has 1 aliphatic carbocycles. The lowest BCUT2D eigenvalue weighted by Gasteiger charge is -2.37. The Morgan fingerprint density at radius 3 is 2.80 bits per heavy atom. The summed E-state index contributed by atoms with van der Waals surface area (Å²) in [4.78, 5) is 12.7. The van der Waals surface area contributed by atoms with Gasteiger partial charge in [0.15, 0.2) is 5.78 Å². The Balaban J connectivity index is 1.77. The third-order valence-corrected chi connectivity index (χ3v) is 5.25. The second-order valence-corrected chi connectivity index (χ2v) is 6.66. The molecule has 1 spiro atoms. The Labute approximate surface area is 125 Å². The molecular formula is C17H21ClO2. The van der Waals surface area contributed by atoms with E-state index in [0.29, 0.717) is 0 Å². The predicted octanol–water partition coefficient (Wildman–Crippen LogP) is 4.57. The Morgan fingerprint density at radius 1 is 1.35 bits per heavy atom. The number of ketones is 1. The largest absolute Gasteiger partial charge is 0.375 e. The summed E-state index contributed by atoms with van der Waals surface area (Å²) in [7, 11) is 0. The predicted molar refractivity (Wildman–Crippen MR) is 80.4 cm³/mol. The van der Waals surface area contributed by atoms with Crippen LogP contribution in [0, 0.1) is 12.8 Å². The van der Waals surface area contributed by atoms with E-state index in [1.165, 1.54) is 12.8 Å². The monoisotopic (exact) mass is 292 g/mol. The summed E-state index contributed by atoms with van der Waals surface area (Å²) in [6.07, 6.45) is 6.46. The average molecular weight is 293 g/mol. The molecule has 1 aromatic carbocycles. The normalized spacial score (nSPS) is 25.0. The van der Waals surface area contributed by atoms with E-state index in [2.05, 4.69) is 0 Å². The van der Waals surface area contributed by atoms with Gasteiger partial charge in [0.1, 0.15) is 0 Å². The van der Waals surface area contributed by atoms with Crippen molar-refractivity contribution in [3.8, 4) is 0 Å². The van der Waals surface area contributed by atoms with Gasteiger partial charge in [-0.15, -0.1) is 0 Å². The SMILES string of the molecule is Cc1cc(C(=O)C2CCOC3(CCCC3)C2)ccc1Cl. The smallest absolute Gasteiger partial charge is 0.166 e. The summed E-state index contributed by atoms with van der Waals surface area (Å²) in [6.45, 7) is 2.67. The second-order valence-electron chi connectivity index (χ2n) is 6.26. The van der Waals surface area contributed by atoms with E-state index in [9.17, 15) is 4.79 Å². The van der Waals surface area contributed by atoms with Gasteiger partial charge in [-0.1, -0.05) is 24.4 Å². The van der Waals surface area contributed by atoms with Crippen LogP contribution >= 0.6 is 11.6 Å². The van der Waals surface area contributed by atoms with Gasteiger partial charge in [-0.3, -0.25) is 4.79 Å². The molecular weight excluding hydrogens is 272 g/mol. The minimum Gasteiger partial charge on any atom is -0.375 e. The fourth-order valence-corrected chi connectivity index (χ4v) is 3.77. The maximum absolute atomic E-state index is 12.7. The molecule has 2 fully saturated rings. The van der Waals surface area contributed by atoms with Crippen molar-refractivity contribution in [2.24, 2.45) is 5.92 Å². The highest BCUT2D eigenvalue weighted by Gasteiger charge is 2.41. The van der Waals surface area contributed by atoms with Gasteiger partial charge in [0, 0.05) is 23.1 Å². The van der Waals surface area contributed by atoms with Crippen molar-refractivity contribution in [3.63, 3.8) is 0 Å². The zero-order chi connectivity index (χ0) is 14.2. The Morgan fingerprint density at radius 2 is 2.10 bits per heavy atom. The maximum atomic E-state index is 12.7. The van der Waals surface area contributed by atoms with E-state index in [1.54, 1.807) is 0 Å². The average Bonchev–Trinajstić information content (AvgIpc) is 2.89. The number of carbonyl (C=O) groups excluding carboxylic acids is 1. The lowest BCUT2D eigenvalue weighted by atomic mass is 9.80. The highest BCUT2D eigenvalue weighted by molar-refractivity contribution is 6.31. The van der Waals surface area contributed by atoms with Gasteiger partial charge in [-0.05, 0) is 56.4 Å². The van der Waals surface area contributed by atoms with Crippen LogP contribution in [0.2, 0.25) is 5.02 Å². The van der Waals surface area contributed by atoms with Crippen LogP contribution in [-0.4, -0.2) is 18.0 Å². The van der Waals surface area contributed by atoms with E-state index >= 15 is 0 Å². The van der Waals surface area contributed by atoms with Crippen LogP contribution in [0.1, 0.15) is 54.4 Å². The molecule has 3 heteroatoms. The Bertz CT molecular complexity index is 518. The molecule has 0 bridgehead atoms. The number of aryl methyl sites for hydroxylation is 1. The molecule has 2 nitrogen and oxygen atoms in total. The minimum atomic E-state index is 0.0000464. The molecule has 1 saturated carbocycles. The quantitative estimate of drug-likeness (QED) is 0.746. The lowest BCUT2D eigenvalue weighted by Crippen LogP contribution is -2.39. The van der Waals surface area contributed by atoms with Crippen molar-refractivity contribution in [1.82, 2.24) is 0 Å². The molecule has 2 aliphatic rings. The molecule has 0 aromatic heterocycles. The highest BCUT2D eigenvalue weighted by atomic mass is 35.5. The van der Waals surface area contributed by atoms with Crippen molar-refractivity contribution in [2.75, 3.05) is 6.61 Å². The zero-order valence-electron chi connectivity index (χ0n) is 12.0. The second kappa shape index (κ2) is 5.50.